The standard InChI is InChI=1S/C12H23NO3/c1-12(2,3)16-11(14)13(10-6-7-10)8-5-9-15-4/h10H,5-9H2,1-4H3. The van der Waals surface area contributed by atoms with E-state index in [-0.39, 0.29) is 6.09 Å². The van der Waals surface area contributed by atoms with Crippen LogP contribution >= 0.6 is 0 Å². The first-order valence-corrected chi connectivity index (χ1v) is 5.92. The summed E-state index contributed by atoms with van der Waals surface area (Å²) >= 11 is 0. The highest BCUT2D eigenvalue weighted by Gasteiger charge is 2.34. The number of hydrogen-bond donors (Lipinski definition) is 0. The third-order valence-electron chi connectivity index (χ3n) is 2.36. The van der Waals surface area contributed by atoms with Crippen LogP contribution in [0.3, 0.4) is 0 Å². The molecule has 0 atom stereocenters. The monoisotopic (exact) mass is 229 g/mol. The fraction of sp³-hybridized carbons (Fsp3) is 0.917. The molecule has 0 unspecified atom stereocenters. The number of methoxy groups -OCH3 is 1. The van der Waals surface area contributed by atoms with Crippen LogP contribution in [0.2, 0.25) is 0 Å². The van der Waals surface area contributed by atoms with Gasteiger partial charge in [0.15, 0.2) is 0 Å². The Labute approximate surface area is 97.9 Å². The lowest BCUT2D eigenvalue weighted by Crippen LogP contribution is -2.39. The topological polar surface area (TPSA) is 38.8 Å². The van der Waals surface area contributed by atoms with E-state index in [1.807, 2.05) is 25.7 Å². The van der Waals surface area contributed by atoms with Crippen molar-refractivity contribution >= 4 is 6.09 Å². The van der Waals surface area contributed by atoms with Crippen molar-refractivity contribution in [3.8, 4) is 0 Å². The average Bonchev–Trinajstić information content (AvgIpc) is 2.92. The molecule has 0 bridgehead atoms. The molecule has 1 rings (SSSR count). The Kier molecular flexibility index (Phi) is 4.59. The molecule has 4 heteroatoms. The highest BCUT2D eigenvalue weighted by molar-refractivity contribution is 5.69. The summed E-state index contributed by atoms with van der Waals surface area (Å²) in [6.45, 7) is 7.10. The lowest BCUT2D eigenvalue weighted by molar-refractivity contribution is 0.0219. The van der Waals surface area contributed by atoms with E-state index < -0.39 is 5.60 Å². The lowest BCUT2D eigenvalue weighted by Gasteiger charge is -2.27. The maximum atomic E-state index is 11.9. The van der Waals surface area contributed by atoms with Crippen LogP contribution in [-0.2, 0) is 9.47 Å². The lowest BCUT2D eigenvalue weighted by atomic mass is 10.2. The highest BCUT2D eigenvalue weighted by Crippen LogP contribution is 2.28. The second-order valence-corrected chi connectivity index (χ2v) is 5.25. The summed E-state index contributed by atoms with van der Waals surface area (Å²) in [5.74, 6) is 0. The zero-order chi connectivity index (χ0) is 12.2. The zero-order valence-corrected chi connectivity index (χ0v) is 10.8. The molecule has 0 aromatic heterocycles. The minimum Gasteiger partial charge on any atom is -0.444 e. The van der Waals surface area contributed by atoms with Crippen LogP contribution in [0.4, 0.5) is 4.79 Å². The summed E-state index contributed by atoms with van der Waals surface area (Å²) in [7, 11) is 1.68. The van der Waals surface area contributed by atoms with Crippen molar-refractivity contribution in [2.75, 3.05) is 20.3 Å². The maximum absolute atomic E-state index is 11.9. The molecule has 16 heavy (non-hydrogen) atoms. The molecular weight excluding hydrogens is 206 g/mol. The van der Waals surface area contributed by atoms with Crippen molar-refractivity contribution < 1.29 is 14.3 Å². The number of amides is 1. The quantitative estimate of drug-likeness (QED) is 0.680. The van der Waals surface area contributed by atoms with Crippen LogP contribution in [0, 0.1) is 0 Å². The van der Waals surface area contributed by atoms with Gasteiger partial charge in [-0.15, -0.1) is 0 Å². The second kappa shape index (κ2) is 5.53. The smallest absolute Gasteiger partial charge is 0.410 e. The van der Waals surface area contributed by atoms with Gasteiger partial charge in [-0.1, -0.05) is 0 Å². The van der Waals surface area contributed by atoms with Gasteiger partial charge in [-0.2, -0.15) is 0 Å². The van der Waals surface area contributed by atoms with Gasteiger partial charge in [0.2, 0.25) is 0 Å². The van der Waals surface area contributed by atoms with Crippen LogP contribution in [0.5, 0.6) is 0 Å². The number of nitrogens with zero attached hydrogens (tertiary/aromatic N) is 1. The van der Waals surface area contributed by atoms with E-state index >= 15 is 0 Å². The van der Waals surface area contributed by atoms with Gasteiger partial charge in [0, 0.05) is 26.3 Å². The summed E-state index contributed by atoms with van der Waals surface area (Å²) < 4.78 is 10.4. The Morgan fingerprint density at radius 2 is 2.00 bits per heavy atom. The Hall–Kier alpha value is -0.770. The summed E-state index contributed by atoms with van der Waals surface area (Å²) in [4.78, 5) is 13.7. The first-order chi connectivity index (χ1) is 7.44. The van der Waals surface area contributed by atoms with E-state index in [1.54, 1.807) is 7.11 Å². The Bertz CT molecular complexity index is 231. The molecule has 1 aliphatic rings. The van der Waals surface area contributed by atoms with Crippen LogP contribution < -0.4 is 0 Å². The molecule has 0 saturated heterocycles. The fourth-order valence-electron chi connectivity index (χ4n) is 1.51. The Morgan fingerprint density at radius 1 is 1.38 bits per heavy atom. The van der Waals surface area contributed by atoms with Crippen LogP contribution in [0.1, 0.15) is 40.0 Å². The van der Waals surface area contributed by atoms with Crippen molar-refractivity contribution in [2.24, 2.45) is 0 Å². The normalized spacial score (nSPS) is 16.0. The summed E-state index contributed by atoms with van der Waals surface area (Å²) in [5.41, 5.74) is -0.411. The van der Waals surface area contributed by atoms with E-state index in [9.17, 15) is 4.79 Å². The first kappa shape index (κ1) is 13.3. The largest absolute Gasteiger partial charge is 0.444 e. The Balaban J connectivity index is 2.40. The van der Waals surface area contributed by atoms with Crippen molar-refractivity contribution in [3.63, 3.8) is 0 Å². The van der Waals surface area contributed by atoms with Gasteiger partial charge in [-0.05, 0) is 40.0 Å². The van der Waals surface area contributed by atoms with Gasteiger partial charge in [0.1, 0.15) is 5.60 Å². The molecule has 0 aliphatic heterocycles. The van der Waals surface area contributed by atoms with E-state index in [0.29, 0.717) is 12.6 Å². The highest BCUT2D eigenvalue weighted by atomic mass is 16.6. The average molecular weight is 229 g/mol. The van der Waals surface area contributed by atoms with Gasteiger partial charge in [0.25, 0.3) is 0 Å². The van der Waals surface area contributed by atoms with E-state index in [0.717, 1.165) is 25.8 Å². The number of ether oxygens (including phenoxy) is 2. The summed E-state index contributed by atoms with van der Waals surface area (Å²) in [6, 6.07) is 0.395. The van der Waals surface area contributed by atoms with E-state index in [1.165, 1.54) is 0 Å². The molecule has 1 amide bonds. The van der Waals surface area contributed by atoms with Crippen molar-refractivity contribution in [1.29, 1.82) is 0 Å². The van der Waals surface area contributed by atoms with Crippen LogP contribution in [0.25, 0.3) is 0 Å². The maximum Gasteiger partial charge on any atom is 0.410 e. The predicted molar refractivity (Wildman–Crippen MR) is 62.5 cm³/mol. The van der Waals surface area contributed by atoms with Crippen LogP contribution in [0.15, 0.2) is 0 Å². The van der Waals surface area contributed by atoms with Gasteiger partial charge in [-0.25, -0.2) is 4.79 Å². The van der Waals surface area contributed by atoms with Crippen LogP contribution in [-0.4, -0.2) is 42.9 Å². The van der Waals surface area contributed by atoms with Gasteiger partial charge in [-0.3, -0.25) is 0 Å². The Morgan fingerprint density at radius 3 is 2.44 bits per heavy atom. The molecule has 4 nitrogen and oxygen atoms in total. The molecule has 1 fully saturated rings. The molecule has 0 spiro atoms. The summed E-state index contributed by atoms with van der Waals surface area (Å²) in [6.07, 6.45) is 2.89. The van der Waals surface area contributed by atoms with E-state index in [2.05, 4.69) is 0 Å². The molecule has 0 N–H and O–H groups in total. The minimum absolute atomic E-state index is 0.189. The number of hydrogen-bond acceptors (Lipinski definition) is 3. The minimum atomic E-state index is -0.411. The van der Waals surface area contributed by atoms with Gasteiger partial charge in [0.05, 0.1) is 0 Å². The van der Waals surface area contributed by atoms with E-state index in [4.69, 9.17) is 9.47 Å². The van der Waals surface area contributed by atoms with Gasteiger partial charge < -0.3 is 14.4 Å². The second-order valence-electron chi connectivity index (χ2n) is 5.25. The predicted octanol–water partition coefficient (Wildman–Crippen LogP) is 2.42. The number of rotatable bonds is 5. The SMILES string of the molecule is COCCCN(C(=O)OC(C)(C)C)C1CC1. The van der Waals surface area contributed by atoms with Gasteiger partial charge >= 0.3 is 6.09 Å². The molecular formula is C12H23NO3. The molecule has 94 valence electrons. The van der Waals surface area contributed by atoms with Crippen molar-refractivity contribution in [1.82, 2.24) is 4.90 Å². The number of carbonyl (C=O) groups excluding carboxylic acids is 1. The molecule has 1 aliphatic carbocycles. The first-order valence-electron chi connectivity index (χ1n) is 5.92. The third-order valence-corrected chi connectivity index (χ3v) is 2.36. The van der Waals surface area contributed by atoms with Crippen molar-refractivity contribution in [2.45, 2.75) is 51.7 Å². The number of carbonyl (C=O) groups is 1. The molecule has 1 saturated carbocycles. The molecule has 0 heterocycles. The third kappa shape index (κ3) is 4.84. The fourth-order valence-corrected chi connectivity index (χ4v) is 1.51. The summed E-state index contributed by atoms with van der Waals surface area (Å²) in [5, 5.41) is 0. The molecule has 0 aromatic rings. The molecule has 0 radical (unpaired) electrons. The van der Waals surface area contributed by atoms with Crippen molar-refractivity contribution in [3.05, 3.63) is 0 Å². The molecule has 0 aromatic carbocycles. The zero-order valence-electron chi connectivity index (χ0n) is 10.8.